The maximum absolute atomic E-state index is 12.0. The van der Waals surface area contributed by atoms with Crippen LogP contribution in [0.3, 0.4) is 0 Å². The van der Waals surface area contributed by atoms with Crippen LogP contribution in [0.25, 0.3) is 0 Å². The minimum absolute atomic E-state index is 0.447. The van der Waals surface area contributed by atoms with Gasteiger partial charge in [-0.2, -0.15) is 0 Å². The van der Waals surface area contributed by atoms with Gasteiger partial charge in [0.1, 0.15) is 5.54 Å². The highest BCUT2D eigenvalue weighted by atomic mass is 16.4. The molecule has 0 fully saturated rings. The summed E-state index contributed by atoms with van der Waals surface area (Å²) in [6, 6.07) is 6.88. The molecule has 5 heteroatoms. The van der Waals surface area contributed by atoms with Gasteiger partial charge in [0.2, 0.25) is 0 Å². The van der Waals surface area contributed by atoms with E-state index in [1.165, 1.54) is 25.8 Å². The monoisotopic (exact) mass is 250 g/mol. The molecule has 98 valence electrons. The normalized spacial score (nSPS) is 10.9. The standard InChI is InChI=1S/C13H18N2O3/c1-9-7-5-6-8-10(9)14-12(18)15(4)13(2,3)11(16)17/h5-8H,1-4H3,(H,14,18)(H,16,17). The van der Waals surface area contributed by atoms with Crippen LogP contribution in [0.4, 0.5) is 10.5 Å². The summed E-state index contributed by atoms with van der Waals surface area (Å²) < 4.78 is 0. The predicted molar refractivity (Wildman–Crippen MR) is 69.7 cm³/mol. The number of nitrogens with one attached hydrogen (secondary N) is 1. The lowest BCUT2D eigenvalue weighted by Crippen LogP contribution is -2.52. The van der Waals surface area contributed by atoms with Crippen molar-refractivity contribution < 1.29 is 14.7 Å². The molecule has 0 saturated carbocycles. The second kappa shape index (κ2) is 5.08. The zero-order valence-electron chi connectivity index (χ0n) is 11.0. The zero-order valence-corrected chi connectivity index (χ0v) is 11.0. The first-order valence-electron chi connectivity index (χ1n) is 5.60. The van der Waals surface area contributed by atoms with Crippen LogP contribution in [0.15, 0.2) is 24.3 Å². The van der Waals surface area contributed by atoms with E-state index in [9.17, 15) is 9.59 Å². The topological polar surface area (TPSA) is 69.6 Å². The van der Waals surface area contributed by atoms with Gasteiger partial charge in [0.25, 0.3) is 0 Å². The fourth-order valence-electron chi connectivity index (χ4n) is 1.31. The molecule has 1 rings (SSSR count). The number of carbonyl (C=O) groups is 2. The Kier molecular flexibility index (Phi) is 3.96. The van der Waals surface area contributed by atoms with Gasteiger partial charge in [-0.1, -0.05) is 18.2 Å². The van der Waals surface area contributed by atoms with Gasteiger partial charge in [0.15, 0.2) is 0 Å². The van der Waals surface area contributed by atoms with E-state index in [0.717, 1.165) is 5.56 Å². The first kappa shape index (κ1) is 14.0. The number of amides is 2. The predicted octanol–water partition coefficient (Wildman–Crippen LogP) is 2.32. The summed E-state index contributed by atoms with van der Waals surface area (Å²) in [5, 5.41) is 11.8. The number of carbonyl (C=O) groups excluding carboxylic acids is 1. The van der Waals surface area contributed by atoms with E-state index >= 15 is 0 Å². The third kappa shape index (κ3) is 2.80. The van der Waals surface area contributed by atoms with Crippen molar-refractivity contribution in [3.63, 3.8) is 0 Å². The van der Waals surface area contributed by atoms with Gasteiger partial charge >= 0.3 is 12.0 Å². The molecular formula is C13H18N2O3. The third-order valence-corrected chi connectivity index (χ3v) is 3.05. The average molecular weight is 250 g/mol. The Morgan fingerprint density at radius 1 is 1.28 bits per heavy atom. The number of carboxylic acid groups (broad SMARTS) is 1. The maximum atomic E-state index is 12.0. The number of aryl methyl sites for hydroxylation is 1. The summed E-state index contributed by atoms with van der Waals surface area (Å²) in [6.07, 6.45) is 0. The van der Waals surface area contributed by atoms with Crippen LogP contribution in [0.2, 0.25) is 0 Å². The van der Waals surface area contributed by atoms with Crippen LogP contribution in [-0.4, -0.2) is 34.6 Å². The van der Waals surface area contributed by atoms with E-state index in [-0.39, 0.29) is 0 Å². The fourth-order valence-corrected chi connectivity index (χ4v) is 1.31. The van der Waals surface area contributed by atoms with E-state index in [0.29, 0.717) is 5.69 Å². The number of urea groups is 1. The summed E-state index contributed by atoms with van der Waals surface area (Å²) >= 11 is 0. The quantitative estimate of drug-likeness (QED) is 0.865. The van der Waals surface area contributed by atoms with E-state index in [4.69, 9.17) is 5.11 Å². The molecule has 0 aliphatic heterocycles. The number of nitrogens with zero attached hydrogens (tertiary/aromatic N) is 1. The first-order chi connectivity index (χ1) is 8.26. The molecule has 0 heterocycles. The van der Waals surface area contributed by atoms with E-state index in [1.54, 1.807) is 6.07 Å². The Bertz CT molecular complexity index is 469. The third-order valence-electron chi connectivity index (χ3n) is 3.05. The maximum Gasteiger partial charge on any atom is 0.329 e. The average Bonchev–Trinajstić information content (AvgIpc) is 2.30. The largest absolute Gasteiger partial charge is 0.480 e. The highest BCUT2D eigenvalue weighted by Crippen LogP contribution is 2.17. The molecule has 0 spiro atoms. The lowest BCUT2D eigenvalue weighted by molar-refractivity contribution is -0.146. The number of hydrogen-bond donors (Lipinski definition) is 2. The minimum atomic E-state index is -1.26. The molecule has 2 N–H and O–H groups in total. The summed E-state index contributed by atoms with van der Waals surface area (Å²) in [5.41, 5.74) is 0.343. The van der Waals surface area contributed by atoms with Crippen molar-refractivity contribution in [1.82, 2.24) is 4.90 Å². The number of aliphatic carboxylic acids is 1. The van der Waals surface area contributed by atoms with Gasteiger partial charge in [-0.25, -0.2) is 9.59 Å². The highest BCUT2D eigenvalue weighted by Gasteiger charge is 2.35. The van der Waals surface area contributed by atoms with Gasteiger partial charge in [-0.15, -0.1) is 0 Å². The Morgan fingerprint density at radius 2 is 1.83 bits per heavy atom. The molecule has 0 bridgehead atoms. The van der Waals surface area contributed by atoms with Crippen LogP contribution >= 0.6 is 0 Å². The number of para-hydroxylation sites is 1. The lowest BCUT2D eigenvalue weighted by Gasteiger charge is -2.31. The van der Waals surface area contributed by atoms with Crippen LogP contribution in [-0.2, 0) is 4.79 Å². The second-order valence-electron chi connectivity index (χ2n) is 4.67. The summed E-state index contributed by atoms with van der Waals surface area (Å²) in [7, 11) is 1.46. The number of carboxylic acids is 1. The number of rotatable bonds is 3. The molecule has 0 aromatic heterocycles. The van der Waals surface area contributed by atoms with Crippen LogP contribution < -0.4 is 5.32 Å². The Balaban J connectivity index is 2.84. The van der Waals surface area contributed by atoms with Gasteiger partial charge in [-0.3, -0.25) is 0 Å². The van der Waals surface area contributed by atoms with Crippen molar-refractivity contribution in [2.24, 2.45) is 0 Å². The Labute approximate surface area is 106 Å². The fraction of sp³-hybridized carbons (Fsp3) is 0.385. The molecule has 0 saturated heterocycles. The number of hydrogen-bond acceptors (Lipinski definition) is 2. The second-order valence-corrected chi connectivity index (χ2v) is 4.67. The molecular weight excluding hydrogens is 232 g/mol. The zero-order chi connectivity index (χ0) is 13.9. The van der Waals surface area contributed by atoms with Gasteiger partial charge < -0.3 is 15.3 Å². The highest BCUT2D eigenvalue weighted by molar-refractivity contribution is 5.93. The lowest BCUT2D eigenvalue weighted by atomic mass is 10.0. The van der Waals surface area contributed by atoms with Crippen molar-refractivity contribution in [2.45, 2.75) is 26.3 Å². The summed E-state index contributed by atoms with van der Waals surface area (Å²) in [6.45, 7) is 4.83. The Hall–Kier alpha value is -2.04. The molecule has 1 aromatic rings. The molecule has 5 nitrogen and oxygen atoms in total. The number of anilines is 1. The van der Waals surface area contributed by atoms with Crippen LogP contribution in [0.5, 0.6) is 0 Å². The van der Waals surface area contributed by atoms with E-state index < -0.39 is 17.5 Å². The molecule has 18 heavy (non-hydrogen) atoms. The molecule has 0 aliphatic carbocycles. The van der Waals surface area contributed by atoms with Crippen LogP contribution in [0.1, 0.15) is 19.4 Å². The number of likely N-dealkylation sites (N-methyl/N-ethyl adjacent to an activating group) is 1. The molecule has 0 atom stereocenters. The molecule has 0 radical (unpaired) electrons. The van der Waals surface area contributed by atoms with Crippen LogP contribution in [0, 0.1) is 6.92 Å². The van der Waals surface area contributed by atoms with Crippen molar-refractivity contribution >= 4 is 17.7 Å². The van der Waals surface area contributed by atoms with E-state index in [2.05, 4.69) is 5.32 Å². The van der Waals surface area contributed by atoms with Gasteiger partial charge in [0, 0.05) is 12.7 Å². The molecule has 2 amide bonds. The van der Waals surface area contributed by atoms with Gasteiger partial charge in [-0.05, 0) is 32.4 Å². The number of benzene rings is 1. The van der Waals surface area contributed by atoms with Crippen molar-refractivity contribution in [3.8, 4) is 0 Å². The smallest absolute Gasteiger partial charge is 0.329 e. The Morgan fingerprint density at radius 3 is 2.33 bits per heavy atom. The minimum Gasteiger partial charge on any atom is -0.480 e. The summed E-state index contributed by atoms with van der Waals surface area (Å²) in [4.78, 5) is 24.2. The summed E-state index contributed by atoms with van der Waals surface area (Å²) in [5.74, 6) is -1.05. The molecule has 1 aromatic carbocycles. The van der Waals surface area contributed by atoms with Gasteiger partial charge in [0.05, 0.1) is 0 Å². The van der Waals surface area contributed by atoms with Crippen molar-refractivity contribution in [1.29, 1.82) is 0 Å². The van der Waals surface area contributed by atoms with E-state index in [1.807, 2.05) is 25.1 Å². The SMILES string of the molecule is Cc1ccccc1NC(=O)N(C)C(C)(C)C(=O)O. The van der Waals surface area contributed by atoms with Crippen molar-refractivity contribution in [3.05, 3.63) is 29.8 Å². The first-order valence-corrected chi connectivity index (χ1v) is 5.60. The molecule has 0 unspecified atom stereocenters. The van der Waals surface area contributed by atoms with Crippen molar-refractivity contribution in [2.75, 3.05) is 12.4 Å². The molecule has 0 aliphatic rings.